The summed E-state index contributed by atoms with van der Waals surface area (Å²) >= 11 is 0. The van der Waals surface area contributed by atoms with E-state index in [4.69, 9.17) is 37.9 Å². The highest BCUT2D eigenvalue weighted by Gasteiger charge is 2.25. The molecule has 616 valence electrons. The van der Waals surface area contributed by atoms with Crippen LogP contribution in [0.2, 0.25) is 0 Å². The van der Waals surface area contributed by atoms with Crippen LogP contribution in [-0.2, 0) is 25.7 Å². The summed E-state index contributed by atoms with van der Waals surface area (Å²) < 4.78 is 56.8. The van der Waals surface area contributed by atoms with Crippen molar-refractivity contribution in [3.05, 3.63) is 93.0 Å². The number of unbranched alkanes of at least 4 members (excludes halogenated alkanes) is 48. The third-order valence-corrected chi connectivity index (χ3v) is 22.6. The van der Waals surface area contributed by atoms with Gasteiger partial charge in [0.2, 0.25) is 0 Å². The smallest absolute Gasteiger partial charge is 0.161 e. The van der Waals surface area contributed by atoms with Gasteiger partial charge in [-0.05, 0) is 170 Å². The van der Waals surface area contributed by atoms with Gasteiger partial charge in [0.05, 0.1) is 52.9 Å². The second-order valence-corrected chi connectivity index (χ2v) is 32.7. The second-order valence-electron chi connectivity index (χ2n) is 32.7. The molecule has 108 heavy (non-hydrogen) atoms. The first kappa shape index (κ1) is 93.9. The fourth-order valence-electron chi connectivity index (χ4n) is 15.5. The summed E-state index contributed by atoms with van der Waals surface area (Å²) in [5, 5.41) is 0. The average Bonchev–Trinajstić information content (AvgIpc) is 0.774. The third-order valence-electron chi connectivity index (χ3n) is 22.6. The summed E-state index contributed by atoms with van der Waals surface area (Å²) in [6, 6.07) is 19.2. The van der Waals surface area contributed by atoms with Crippen molar-refractivity contribution < 1.29 is 37.9 Å². The molecule has 0 bridgehead atoms. The van der Waals surface area contributed by atoms with Crippen LogP contribution >= 0.6 is 0 Å². The minimum Gasteiger partial charge on any atom is -0.490 e. The van der Waals surface area contributed by atoms with Gasteiger partial charge in [0.25, 0.3) is 0 Å². The Labute approximate surface area is 666 Å². The first-order valence-corrected chi connectivity index (χ1v) is 47.0. The van der Waals surface area contributed by atoms with Gasteiger partial charge in [-0.2, -0.15) is 0 Å². The molecule has 1 aliphatic rings. The Morgan fingerprint density at radius 1 is 0.139 bits per heavy atom. The van der Waals surface area contributed by atoms with E-state index in [1.54, 1.807) is 0 Å². The van der Waals surface area contributed by atoms with Gasteiger partial charge < -0.3 is 37.9 Å². The molecule has 0 N–H and O–H groups in total. The Morgan fingerprint density at radius 3 is 0.333 bits per heavy atom. The highest BCUT2D eigenvalue weighted by atomic mass is 16.5. The molecule has 0 fully saturated rings. The van der Waals surface area contributed by atoms with Crippen LogP contribution in [0, 0.1) is 0 Å². The van der Waals surface area contributed by atoms with Crippen molar-refractivity contribution in [1.82, 2.24) is 0 Å². The summed E-state index contributed by atoms with van der Waals surface area (Å²) in [6.07, 6.45) is 71.9. The maximum Gasteiger partial charge on any atom is 0.161 e. The first-order valence-electron chi connectivity index (χ1n) is 47.0. The SMILES string of the molecule is CCCCCCCCCOc1cc2c(cc1OCCCCCCCCC)Cc1cc(OCCCCCCCCC)c(OCCCCCCCCC)cc1Cc1cc(OCCCCCCCCC)c(OCCCCCCCCC)cc1Cc1cc(OCCCCCCCCC)c(OCCCCCCCCC)cc1C2. The molecular formula is C100H168O8. The lowest BCUT2D eigenvalue weighted by molar-refractivity contribution is 0.257. The van der Waals surface area contributed by atoms with E-state index >= 15 is 0 Å². The fraction of sp³-hybridized carbons (Fsp3) is 0.760. The van der Waals surface area contributed by atoms with E-state index in [2.05, 4.69) is 104 Å². The van der Waals surface area contributed by atoms with Gasteiger partial charge in [0.1, 0.15) is 0 Å². The third kappa shape index (κ3) is 42.2. The molecule has 4 aromatic rings. The monoisotopic (exact) mass is 1500 g/mol. The van der Waals surface area contributed by atoms with Crippen LogP contribution < -0.4 is 37.9 Å². The molecule has 0 unspecified atom stereocenters. The van der Waals surface area contributed by atoms with Crippen LogP contribution in [0.25, 0.3) is 0 Å². The van der Waals surface area contributed by atoms with E-state index < -0.39 is 0 Å². The van der Waals surface area contributed by atoms with Crippen LogP contribution in [-0.4, -0.2) is 52.9 Å². The van der Waals surface area contributed by atoms with Gasteiger partial charge >= 0.3 is 0 Å². The molecule has 0 amide bonds. The van der Waals surface area contributed by atoms with Crippen LogP contribution in [0.1, 0.15) is 459 Å². The zero-order valence-electron chi connectivity index (χ0n) is 72.0. The van der Waals surface area contributed by atoms with Crippen molar-refractivity contribution in [1.29, 1.82) is 0 Å². The Balaban J connectivity index is 1.79. The lowest BCUT2D eigenvalue weighted by Gasteiger charge is -2.24. The van der Waals surface area contributed by atoms with Crippen LogP contribution in [0.5, 0.6) is 46.0 Å². The van der Waals surface area contributed by atoms with Crippen molar-refractivity contribution >= 4 is 0 Å². The van der Waals surface area contributed by atoms with Gasteiger partial charge in [-0.3, -0.25) is 0 Å². The number of ether oxygens (including phenoxy) is 8. The topological polar surface area (TPSA) is 73.8 Å². The molecular weight excluding hydrogens is 1330 g/mol. The molecule has 5 rings (SSSR count). The minimum absolute atomic E-state index is 0.668. The second kappa shape index (κ2) is 64.8. The molecule has 0 radical (unpaired) electrons. The maximum atomic E-state index is 7.10. The summed E-state index contributed by atoms with van der Waals surface area (Å²) in [6.45, 7) is 23.8. The van der Waals surface area contributed by atoms with Crippen molar-refractivity contribution in [2.24, 2.45) is 0 Å². The standard InChI is InChI=1S/C100H168O8/c1-9-17-25-33-41-49-57-65-101-93-77-85-73-87-79-95(103-67-59-51-43-35-27-19-11-3)97(105-69-61-53-45-37-29-21-13-5)81-89(87)75-91-83-99(107-71-63-55-47-39-31-23-15-7)100(108-72-64-56-48-40-32-24-16-8)84-92(91)76-90-82-98(106-70-62-54-46-38-30-22-14-6)96(104-68-60-52-44-36-28-20-12-4)80-88(90)74-86(85)78-94(93)102-66-58-50-42-34-26-18-10-2/h77-84H,9-76H2,1-8H3. The molecule has 0 aliphatic heterocycles. The van der Waals surface area contributed by atoms with E-state index in [0.717, 1.165) is 97.4 Å². The maximum absolute atomic E-state index is 7.10. The van der Waals surface area contributed by atoms with Gasteiger partial charge in [-0.25, -0.2) is 0 Å². The fourth-order valence-corrected chi connectivity index (χ4v) is 15.5. The van der Waals surface area contributed by atoms with E-state index in [1.165, 1.54) is 353 Å². The molecule has 8 heteroatoms. The molecule has 0 aromatic heterocycles. The van der Waals surface area contributed by atoms with Gasteiger partial charge in [-0.15, -0.1) is 0 Å². The predicted molar refractivity (Wildman–Crippen MR) is 465 cm³/mol. The molecule has 0 spiro atoms. The normalized spacial score (nSPS) is 12.1. The van der Waals surface area contributed by atoms with Crippen LogP contribution in [0.15, 0.2) is 48.5 Å². The Bertz CT molecular complexity index is 2230. The molecule has 0 saturated carbocycles. The lowest BCUT2D eigenvalue weighted by Crippen LogP contribution is -2.12. The van der Waals surface area contributed by atoms with Crippen molar-refractivity contribution in [3.63, 3.8) is 0 Å². The van der Waals surface area contributed by atoms with Crippen molar-refractivity contribution in [2.75, 3.05) is 52.9 Å². The number of hydrogen-bond acceptors (Lipinski definition) is 8. The largest absolute Gasteiger partial charge is 0.490 e. The van der Waals surface area contributed by atoms with E-state index in [0.29, 0.717) is 78.5 Å². The quantitative estimate of drug-likeness (QED) is 0.0357. The number of fused-ring (bicyclic) bond motifs is 4. The molecule has 0 atom stereocenters. The summed E-state index contributed by atoms with van der Waals surface area (Å²) in [5.74, 6) is 6.94. The molecule has 0 saturated heterocycles. The predicted octanol–water partition coefficient (Wildman–Crippen LogP) is 31.4. The number of hydrogen-bond donors (Lipinski definition) is 0. The molecule has 8 nitrogen and oxygen atoms in total. The molecule has 0 heterocycles. The number of benzene rings is 4. The highest BCUT2D eigenvalue weighted by Crippen LogP contribution is 2.43. The summed E-state index contributed by atoms with van der Waals surface area (Å²) in [7, 11) is 0. The summed E-state index contributed by atoms with van der Waals surface area (Å²) in [4.78, 5) is 0. The van der Waals surface area contributed by atoms with E-state index in [9.17, 15) is 0 Å². The van der Waals surface area contributed by atoms with Crippen molar-refractivity contribution in [2.45, 2.75) is 441 Å². The lowest BCUT2D eigenvalue weighted by atomic mass is 9.85. The highest BCUT2D eigenvalue weighted by molar-refractivity contribution is 5.59. The molecule has 4 aromatic carbocycles. The minimum atomic E-state index is 0.668. The van der Waals surface area contributed by atoms with Crippen LogP contribution in [0.3, 0.4) is 0 Å². The van der Waals surface area contributed by atoms with Gasteiger partial charge in [0, 0.05) is 0 Å². The van der Waals surface area contributed by atoms with Gasteiger partial charge in [0.15, 0.2) is 46.0 Å². The zero-order valence-corrected chi connectivity index (χ0v) is 72.0. The van der Waals surface area contributed by atoms with Crippen molar-refractivity contribution in [3.8, 4) is 46.0 Å². The van der Waals surface area contributed by atoms with E-state index in [-0.39, 0.29) is 0 Å². The molecule has 1 aliphatic carbocycles. The Hall–Kier alpha value is -4.72. The Kier molecular flexibility index (Phi) is 56.3. The number of rotatable bonds is 72. The van der Waals surface area contributed by atoms with Crippen LogP contribution in [0.4, 0.5) is 0 Å². The van der Waals surface area contributed by atoms with Gasteiger partial charge in [-0.1, -0.05) is 364 Å². The Morgan fingerprint density at radius 2 is 0.231 bits per heavy atom. The average molecular weight is 1500 g/mol. The first-order chi connectivity index (χ1) is 53.4. The van der Waals surface area contributed by atoms with E-state index in [1.807, 2.05) is 0 Å². The zero-order chi connectivity index (χ0) is 76.6. The summed E-state index contributed by atoms with van der Waals surface area (Å²) in [5.41, 5.74) is 10.1.